The number of hydrogen-bond donors (Lipinski definition) is 2. The van der Waals surface area contributed by atoms with Crippen molar-refractivity contribution in [1.29, 1.82) is 5.26 Å². The number of hydrogen-bond acceptors (Lipinski definition) is 4. The van der Waals surface area contributed by atoms with Gasteiger partial charge in [0, 0.05) is 22.5 Å². The maximum Gasteiger partial charge on any atom is 0.304 e. The van der Waals surface area contributed by atoms with Gasteiger partial charge in [0.1, 0.15) is 0 Å². The molecule has 0 atom stereocenters. The number of allylic oxidation sites excluding steroid dienone is 2. The second-order valence-electron chi connectivity index (χ2n) is 10.9. The number of nitriles is 1. The molecule has 0 heterocycles. The molecule has 0 radical (unpaired) electrons. The monoisotopic (exact) mass is 567 g/mol. The Morgan fingerprint density at radius 3 is 1.79 bits per heavy atom. The molecule has 5 rings (SSSR count). The largest absolute Gasteiger partial charge is 0.481 e. The first kappa shape index (κ1) is 28.9. The molecule has 0 saturated heterocycles. The molecule has 1 aliphatic rings. The standard InChI is InChI=1S/C36H29N3O4/c1-23(2)35(32(22-37)38-3)24-14-16-28-29-17-15-27(39(25-10-6-4-7-11-25)26-12-8-5-9-13-26)19-31(29)36(20-33(40)41,21-34(42)43)30(28)18-24/h4-19,23H,20-21H2,1-2H3,(H,40,41)(H,42,43)/b35-32+. The number of anilines is 3. The van der Waals surface area contributed by atoms with Gasteiger partial charge in [-0.25, -0.2) is 10.1 Å². The molecule has 1 aliphatic carbocycles. The van der Waals surface area contributed by atoms with Crippen LogP contribution in [0.3, 0.4) is 0 Å². The highest BCUT2D eigenvalue weighted by atomic mass is 16.4. The summed E-state index contributed by atoms with van der Waals surface area (Å²) in [6.07, 6.45) is -0.894. The van der Waals surface area contributed by atoms with Gasteiger partial charge in [0.15, 0.2) is 0 Å². The summed E-state index contributed by atoms with van der Waals surface area (Å²) in [5.74, 6) is -2.43. The SMILES string of the molecule is [C-]#[N+]/C(C#N)=C(/c1ccc2c(c1)C(CC(=O)O)(CC(=O)O)c1cc(N(c3ccccc3)c3ccccc3)ccc1-2)C(C)C. The Morgan fingerprint density at radius 2 is 1.33 bits per heavy atom. The molecule has 7 heteroatoms. The molecule has 43 heavy (non-hydrogen) atoms. The lowest BCUT2D eigenvalue weighted by Crippen LogP contribution is -2.32. The van der Waals surface area contributed by atoms with Gasteiger partial charge in [-0.3, -0.25) is 9.59 Å². The third kappa shape index (κ3) is 5.25. The number of carbonyl (C=O) groups is 2. The predicted octanol–water partition coefficient (Wildman–Crippen LogP) is 8.18. The summed E-state index contributed by atoms with van der Waals surface area (Å²) in [6, 6.07) is 32.8. The minimum absolute atomic E-state index is 0.0452. The highest BCUT2D eigenvalue weighted by Crippen LogP contribution is 2.55. The Labute approximate surface area is 250 Å². The van der Waals surface area contributed by atoms with Crippen LogP contribution in [0.15, 0.2) is 103 Å². The van der Waals surface area contributed by atoms with E-state index in [0.717, 1.165) is 28.2 Å². The van der Waals surface area contributed by atoms with Gasteiger partial charge < -0.3 is 15.1 Å². The molecule has 0 saturated carbocycles. The van der Waals surface area contributed by atoms with E-state index in [0.29, 0.717) is 22.3 Å². The molecule has 0 amide bonds. The van der Waals surface area contributed by atoms with E-state index in [1.54, 1.807) is 6.07 Å². The predicted molar refractivity (Wildman–Crippen MR) is 166 cm³/mol. The van der Waals surface area contributed by atoms with E-state index in [-0.39, 0.29) is 11.6 Å². The van der Waals surface area contributed by atoms with Crippen LogP contribution in [0.2, 0.25) is 0 Å². The minimum Gasteiger partial charge on any atom is -0.481 e. The average Bonchev–Trinajstić information content (AvgIpc) is 3.24. The molecule has 4 aromatic carbocycles. The highest BCUT2D eigenvalue weighted by molar-refractivity contribution is 5.91. The Bertz CT molecular complexity index is 1760. The van der Waals surface area contributed by atoms with Crippen LogP contribution in [0.1, 0.15) is 43.4 Å². The second-order valence-corrected chi connectivity index (χ2v) is 10.9. The Balaban J connectivity index is 1.80. The summed E-state index contributed by atoms with van der Waals surface area (Å²) in [7, 11) is 0. The molecule has 212 valence electrons. The highest BCUT2D eigenvalue weighted by Gasteiger charge is 2.47. The summed E-state index contributed by atoms with van der Waals surface area (Å²) in [6.45, 7) is 11.3. The fourth-order valence-corrected chi connectivity index (χ4v) is 6.24. The number of carboxylic acid groups (broad SMARTS) is 2. The van der Waals surface area contributed by atoms with Crippen molar-refractivity contribution in [3.8, 4) is 17.2 Å². The number of fused-ring (bicyclic) bond motifs is 3. The Hall–Kier alpha value is -5.66. The number of para-hydroxylation sites is 2. The van der Waals surface area contributed by atoms with E-state index >= 15 is 0 Å². The first-order valence-electron chi connectivity index (χ1n) is 13.9. The van der Waals surface area contributed by atoms with Crippen molar-refractivity contribution >= 4 is 34.6 Å². The van der Waals surface area contributed by atoms with Crippen molar-refractivity contribution in [1.82, 2.24) is 0 Å². The van der Waals surface area contributed by atoms with Crippen LogP contribution in [-0.4, -0.2) is 22.2 Å². The number of aliphatic carboxylic acids is 2. The van der Waals surface area contributed by atoms with Crippen molar-refractivity contribution in [2.45, 2.75) is 32.1 Å². The molecule has 7 nitrogen and oxygen atoms in total. The molecule has 2 N–H and O–H groups in total. The third-order valence-corrected chi connectivity index (χ3v) is 7.90. The zero-order valence-corrected chi connectivity index (χ0v) is 23.8. The fraction of sp³-hybridized carbons (Fsp3) is 0.167. The molecule has 0 spiro atoms. The third-order valence-electron chi connectivity index (χ3n) is 7.90. The smallest absolute Gasteiger partial charge is 0.304 e. The number of nitrogens with zero attached hydrogens (tertiary/aromatic N) is 3. The molecule has 4 aromatic rings. The molecule has 0 aromatic heterocycles. The van der Waals surface area contributed by atoms with Crippen molar-refractivity contribution in [2.75, 3.05) is 4.90 Å². The zero-order chi connectivity index (χ0) is 30.7. The number of carboxylic acids is 2. The van der Waals surface area contributed by atoms with Gasteiger partial charge in [-0.2, -0.15) is 0 Å². The van der Waals surface area contributed by atoms with Crippen molar-refractivity contribution < 1.29 is 19.8 Å². The summed E-state index contributed by atoms with van der Waals surface area (Å²) in [5, 5.41) is 30.0. The fourth-order valence-electron chi connectivity index (χ4n) is 6.24. The van der Waals surface area contributed by atoms with E-state index in [9.17, 15) is 25.1 Å². The van der Waals surface area contributed by atoms with Crippen LogP contribution >= 0.6 is 0 Å². The minimum atomic E-state index is -1.39. The quantitative estimate of drug-likeness (QED) is 0.156. The van der Waals surface area contributed by atoms with E-state index < -0.39 is 30.2 Å². The van der Waals surface area contributed by atoms with Gasteiger partial charge >= 0.3 is 11.9 Å². The van der Waals surface area contributed by atoms with Crippen molar-refractivity contribution in [3.63, 3.8) is 0 Å². The van der Waals surface area contributed by atoms with Gasteiger partial charge in [0.2, 0.25) is 0 Å². The number of rotatable bonds is 9. The topological polar surface area (TPSA) is 106 Å². The average molecular weight is 568 g/mol. The van der Waals surface area contributed by atoms with Crippen LogP contribution < -0.4 is 4.90 Å². The van der Waals surface area contributed by atoms with Gasteiger partial charge in [-0.1, -0.05) is 74.5 Å². The van der Waals surface area contributed by atoms with Crippen molar-refractivity contribution in [3.05, 3.63) is 131 Å². The van der Waals surface area contributed by atoms with Gasteiger partial charge in [-0.05, 0) is 75.7 Å². The maximum absolute atomic E-state index is 12.5. The molecule has 0 fully saturated rings. The van der Waals surface area contributed by atoms with Crippen LogP contribution in [-0.2, 0) is 15.0 Å². The van der Waals surface area contributed by atoms with Gasteiger partial charge in [0.05, 0.1) is 25.5 Å². The summed E-state index contributed by atoms with van der Waals surface area (Å²) in [5.41, 5.74) is 4.92. The summed E-state index contributed by atoms with van der Waals surface area (Å²) >= 11 is 0. The van der Waals surface area contributed by atoms with Crippen LogP contribution in [0.4, 0.5) is 17.1 Å². The maximum atomic E-state index is 12.5. The van der Waals surface area contributed by atoms with Crippen LogP contribution in [0.25, 0.3) is 21.5 Å². The lowest BCUT2D eigenvalue weighted by atomic mass is 9.72. The first-order valence-corrected chi connectivity index (χ1v) is 13.9. The lowest BCUT2D eigenvalue weighted by molar-refractivity contribution is -0.140. The lowest BCUT2D eigenvalue weighted by Gasteiger charge is -2.31. The van der Waals surface area contributed by atoms with E-state index in [1.165, 1.54) is 0 Å². The van der Waals surface area contributed by atoms with E-state index in [1.807, 2.05) is 111 Å². The second kappa shape index (κ2) is 11.7. The number of benzene rings is 4. The molecule has 0 aliphatic heterocycles. The molecule has 0 bridgehead atoms. The van der Waals surface area contributed by atoms with Crippen molar-refractivity contribution in [2.24, 2.45) is 5.92 Å². The summed E-state index contributed by atoms with van der Waals surface area (Å²) < 4.78 is 0. The van der Waals surface area contributed by atoms with Gasteiger partial charge in [-0.15, -0.1) is 0 Å². The van der Waals surface area contributed by atoms with Crippen LogP contribution in [0.5, 0.6) is 0 Å². The normalized spacial score (nSPS) is 13.2. The summed E-state index contributed by atoms with van der Waals surface area (Å²) in [4.78, 5) is 30.4. The first-order chi connectivity index (χ1) is 20.7. The molecule has 0 unspecified atom stereocenters. The molecular weight excluding hydrogens is 538 g/mol. The van der Waals surface area contributed by atoms with Gasteiger partial charge in [0.25, 0.3) is 5.70 Å². The van der Waals surface area contributed by atoms with Crippen LogP contribution in [0, 0.1) is 23.8 Å². The Morgan fingerprint density at radius 1 is 0.814 bits per heavy atom. The molecular formula is C36H29N3O4. The van der Waals surface area contributed by atoms with E-state index in [2.05, 4.69) is 9.74 Å². The van der Waals surface area contributed by atoms with E-state index in [4.69, 9.17) is 6.57 Å². The zero-order valence-electron chi connectivity index (χ0n) is 23.8. The Kier molecular flexibility index (Phi) is 7.84.